The summed E-state index contributed by atoms with van der Waals surface area (Å²) < 4.78 is 62.8. The average molecular weight is 572 g/mol. The number of ether oxygens (including phenoxy) is 1. The molecule has 3 heterocycles. The number of alkyl halides is 3. The molecule has 1 N–H and O–H groups in total. The maximum atomic E-state index is 15.3. The van der Waals surface area contributed by atoms with Crippen molar-refractivity contribution in [2.45, 2.75) is 25.7 Å². The third kappa shape index (κ3) is 5.32. The molecule has 1 atom stereocenters. The highest BCUT2D eigenvalue weighted by Gasteiger charge is 2.41. The van der Waals surface area contributed by atoms with E-state index in [0.717, 1.165) is 6.20 Å². The Labute approximate surface area is 231 Å². The van der Waals surface area contributed by atoms with Crippen LogP contribution in [-0.2, 0) is 12.7 Å². The Hall–Kier alpha value is -4.52. The summed E-state index contributed by atoms with van der Waals surface area (Å²) in [5, 5.41) is 13.2. The Morgan fingerprint density at radius 2 is 1.78 bits per heavy atom. The minimum absolute atomic E-state index is 0.0690. The van der Waals surface area contributed by atoms with Crippen LogP contribution in [0, 0.1) is 5.82 Å². The number of aromatic nitrogens is 3. The molecule has 1 fully saturated rings. The molecule has 5 rings (SSSR count). The second-order valence-electron chi connectivity index (χ2n) is 9.69. The Morgan fingerprint density at radius 1 is 1.07 bits per heavy atom. The summed E-state index contributed by atoms with van der Waals surface area (Å²) >= 11 is 0. The zero-order valence-electron chi connectivity index (χ0n) is 22.0. The van der Waals surface area contributed by atoms with E-state index in [9.17, 15) is 27.9 Å². The first kappa shape index (κ1) is 28.0. The van der Waals surface area contributed by atoms with Gasteiger partial charge in [-0.2, -0.15) is 18.3 Å². The molecule has 41 heavy (non-hydrogen) atoms. The van der Waals surface area contributed by atoms with Crippen molar-refractivity contribution in [3.05, 3.63) is 82.9 Å². The van der Waals surface area contributed by atoms with Crippen LogP contribution in [0.15, 0.2) is 54.7 Å². The zero-order valence-corrected chi connectivity index (χ0v) is 22.0. The van der Waals surface area contributed by atoms with Crippen molar-refractivity contribution >= 4 is 17.5 Å². The smallest absolute Gasteiger partial charge is 0.436 e. The second kappa shape index (κ2) is 10.8. The number of fused-ring (bicyclic) bond motifs is 1. The Morgan fingerprint density at radius 3 is 2.41 bits per heavy atom. The third-order valence-corrected chi connectivity index (χ3v) is 7.07. The van der Waals surface area contributed by atoms with Crippen molar-refractivity contribution in [1.29, 1.82) is 0 Å². The van der Waals surface area contributed by atoms with Crippen LogP contribution in [0.1, 0.15) is 38.9 Å². The van der Waals surface area contributed by atoms with E-state index in [1.807, 2.05) is 4.90 Å². The average Bonchev–Trinajstić information content (AvgIpc) is 3.35. The molecule has 0 unspecified atom stereocenters. The fourth-order valence-corrected chi connectivity index (χ4v) is 5.05. The van der Waals surface area contributed by atoms with Crippen molar-refractivity contribution in [3.8, 4) is 17.0 Å². The van der Waals surface area contributed by atoms with Crippen molar-refractivity contribution in [2.24, 2.45) is 0 Å². The van der Waals surface area contributed by atoms with Gasteiger partial charge in [0.1, 0.15) is 17.0 Å². The van der Waals surface area contributed by atoms with Gasteiger partial charge in [0.05, 0.1) is 18.9 Å². The molecule has 1 amide bonds. The lowest BCUT2D eigenvalue weighted by Crippen LogP contribution is -2.53. The largest absolute Gasteiger partial charge is 0.497 e. The predicted octanol–water partition coefficient (Wildman–Crippen LogP) is 4.61. The fraction of sp³-hybridized carbons (Fsp3) is 0.286. The van der Waals surface area contributed by atoms with Crippen LogP contribution >= 0.6 is 0 Å². The highest BCUT2D eigenvalue weighted by molar-refractivity contribution is 6.00. The second-order valence-corrected chi connectivity index (χ2v) is 9.69. The Bertz CT molecular complexity index is 1620. The number of halogens is 4. The van der Waals surface area contributed by atoms with Gasteiger partial charge in [0, 0.05) is 37.8 Å². The van der Waals surface area contributed by atoms with Crippen LogP contribution in [0.4, 0.5) is 17.6 Å². The third-order valence-electron chi connectivity index (χ3n) is 7.07. The number of rotatable bonds is 6. The number of aromatic carboxylic acids is 1. The van der Waals surface area contributed by atoms with Gasteiger partial charge in [0.15, 0.2) is 17.2 Å². The van der Waals surface area contributed by atoms with E-state index in [1.54, 1.807) is 25.1 Å². The van der Waals surface area contributed by atoms with Gasteiger partial charge in [-0.25, -0.2) is 18.7 Å². The van der Waals surface area contributed by atoms with Crippen molar-refractivity contribution in [1.82, 2.24) is 24.4 Å². The number of amides is 1. The topological polar surface area (TPSA) is 100 Å². The van der Waals surface area contributed by atoms with Gasteiger partial charge in [-0.1, -0.05) is 18.2 Å². The lowest BCUT2D eigenvalue weighted by molar-refractivity contribution is -0.145. The number of piperazine rings is 1. The molecule has 0 aliphatic carbocycles. The van der Waals surface area contributed by atoms with Crippen LogP contribution < -0.4 is 4.74 Å². The molecule has 9 nitrogen and oxygen atoms in total. The van der Waals surface area contributed by atoms with Crippen LogP contribution in [0.3, 0.4) is 0 Å². The molecule has 0 saturated carbocycles. The highest BCUT2D eigenvalue weighted by atomic mass is 19.4. The fourth-order valence-electron chi connectivity index (χ4n) is 5.05. The molecule has 214 valence electrons. The SMILES string of the molecule is COc1ccc(-c2nc3c(C(=O)N4CCN(Cc5ccccc5C(=O)O)C[C@H]4C)cnn3c(C(F)(F)F)c2F)cc1. The molecule has 2 aromatic carbocycles. The van der Waals surface area contributed by atoms with E-state index in [-0.39, 0.29) is 29.3 Å². The van der Waals surface area contributed by atoms with E-state index < -0.39 is 40.9 Å². The normalized spacial score (nSPS) is 16.2. The molecule has 2 aromatic heterocycles. The number of methoxy groups -OCH3 is 1. The zero-order chi connectivity index (χ0) is 29.5. The molecule has 13 heteroatoms. The quantitative estimate of drug-likeness (QED) is 0.338. The first-order valence-electron chi connectivity index (χ1n) is 12.6. The van der Waals surface area contributed by atoms with Crippen LogP contribution in [0.5, 0.6) is 5.75 Å². The summed E-state index contributed by atoms with van der Waals surface area (Å²) in [7, 11) is 1.42. The Balaban J connectivity index is 1.46. The number of carbonyl (C=O) groups excluding carboxylic acids is 1. The first-order valence-corrected chi connectivity index (χ1v) is 12.6. The van der Waals surface area contributed by atoms with Gasteiger partial charge < -0.3 is 14.7 Å². The summed E-state index contributed by atoms with van der Waals surface area (Å²) in [5.41, 5.74) is -1.96. The van der Waals surface area contributed by atoms with Gasteiger partial charge in [-0.15, -0.1) is 0 Å². The van der Waals surface area contributed by atoms with Crippen LogP contribution in [0.2, 0.25) is 0 Å². The van der Waals surface area contributed by atoms with Gasteiger partial charge in [0.25, 0.3) is 5.91 Å². The first-order chi connectivity index (χ1) is 19.5. The van der Waals surface area contributed by atoms with Gasteiger partial charge in [-0.05, 0) is 42.8 Å². The number of benzene rings is 2. The van der Waals surface area contributed by atoms with E-state index >= 15 is 4.39 Å². The number of hydrogen-bond acceptors (Lipinski definition) is 6. The van der Waals surface area contributed by atoms with Crippen LogP contribution in [-0.4, -0.2) is 74.2 Å². The summed E-state index contributed by atoms with van der Waals surface area (Å²) in [6, 6.07) is 12.0. The van der Waals surface area contributed by atoms with E-state index in [2.05, 4.69) is 10.1 Å². The molecular weight excluding hydrogens is 546 g/mol. The lowest BCUT2D eigenvalue weighted by atomic mass is 10.1. The van der Waals surface area contributed by atoms with Gasteiger partial charge in [-0.3, -0.25) is 9.69 Å². The maximum Gasteiger partial charge on any atom is 0.436 e. The maximum absolute atomic E-state index is 15.3. The van der Waals surface area contributed by atoms with Crippen molar-refractivity contribution < 1.29 is 37.0 Å². The minimum atomic E-state index is -5.12. The molecule has 0 spiro atoms. The molecule has 1 aliphatic rings. The summed E-state index contributed by atoms with van der Waals surface area (Å²) in [6.07, 6.45) is -4.15. The minimum Gasteiger partial charge on any atom is -0.497 e. The molecular formula is C28H25F4N5O4. The number of carboxylic acid groups (broad SMARTS) is 1. The number of carbonyl (C=O) groups is 2. The predicted molar refractivity (Wildman–Crippen MR) is 139 cm³/mol. The van der Waals surface area contributed by atoms with Crippen molar-refractivity contribution in [2.75, 3.05) is 26.7 Å². The summed E-state index contributed by atoms with van der Waals surface area (Å²) in [5.74, 6) is -2.82. The number of hydrogen-bond donors (Lipinski definition) is 1. The lowest BCUT2D eigenvalue weighted by Gasteiger charge is -2.40. The molecule has 1 saturated heterocycles. The number of carboxylic acids is 1. The van der Waals surface area contributed by atoms with Crippen LogP contribution in [0.25, 0.3) is 16.9 Å². The summed E-state index contributed by atoms with van der Waals surface area (Å²) in [6.45, 7) is 3.16. The summed E-state index contributed by atoms with van der Waals surface area (Å²) in [4.78, 5) is 32.8. The van der Waals surface area contributed by atoms with Crippen molar-refractivity contribution in [3.63, 3.8) is 0 Å². The van der Waals surface area contributed by atoms with Gasteiger partial charge in [0.2, 0.25) is 0 Å². The highest BCUT2D eigenvalue weighted by Crippen LogP contribution is 2.36. The van der Waals surface area contributed by atoms with E-state index in [4.69, 9.17) is 4.74 Å². The van der Waals surface area contributed by atoms with Gasteiger partial charge >= 0.3 is 12.1 Å². The molecule has 0 bridgehead atoms. The molecule has 0 radical (unpaired) electrons. The van der Waals surface area contributed by atoms with E-state index in [0.29, 0.717) is 35.5 Å². The number of nitrogens with zero attached hydrogens (tertiary/aromatic N) is 5. The van der Waals surface area contributed by atoms with E-state index in [1.165, 1.54) is 42.3 Å². The standard InChI is InChI=1S/C28H25F4N5O4/c1-16-14-35(15-18-5-3-4-6-20(18)27(39)40)11-12-36(16)26(38)21-13-33-37-24(28(30,31)32)22(29)23(34-25(21)37)17-7-9-19(41-2)10-8-17/h3-10,13,16H,11-12,14-15H2,1-2H3,(H,39,40)/t16-/m1/s1. The Kier molecular flexibility index (Phi) is 7.39. The molecule has 1 aliphatic heterocycles. The monoisotopic (exact) mass is 571 g/mol. The molecule has 4 aromatic rings.